The zero-order chi connectivity index (χ0) is 25.8. The number of fused-ring (bicyclic) bond motifs is 2. The van der Waals surface area contributed by atoms with Crippen LogP contribution in [0.3, 0.4) is 0 Å². The van der Waals surface area contributed by atoms with Gasteiger partial charge >= 0.3 is 5.95 Å². The number of benzene rings is 2. The van der Waals surface area contributed by atoms with E-state index in [1.807, 2.05) is 64.2 Å². The minimum absolute atomic E-state index is 0. The molecule has 194 valence electrons. The molecule has 0 saturated heterocycles. The molecular weight excluding hydrogens is 545 g/mol. The molecule has 0 aliphatic heterocycles. The number of aromatic amines is 1. The van der Waals surface area contributed by atoms with E-state index in [0.717, 1.165) is 60.8 Å². The van der Waals surface area contributed by atoms with Crippen molar-refractivity contribution in [1.82, 2.24) is 9.97 Å². The Labute approximate surface area is 236 Å². The molecule has 0 fully saturated rings. The number of rotatable bonds is 6. The number of nitrogens with one attached hydrogen (secondary N) is 1. The molecule has 1 aliphatic carbocycles. The van der Waals surface area contributed by atoms with Crippen LogP contribution in [0.25, 0.3) is 17.0 Å². The smallest absolute Gasteiger partial charge is 0.402 e. The number of hydrogen-bond acceptors (Lipinski definition) is 5. The van der Waals surface area contributed by atoms with Gasteiger partial charge in [-0.25, -0.2) is 9.55 Å². The Balaban J connectivity index is 0.00000320. The lowest BCUT2D eigenvalue weighted by atomic mass is 9.80. The third kappa shape index (κ3) is 4.76. The number of carbonyl (C=O) groups excluding carboxylic acids is 1. The van der Waals surface area contributed by atoms with Crippen molar-refractivity contribution >= 4 is 50.0 Å². The van der Waals surface area contributed by atoms with E-state index in [0.29, 0.717) is 0 Å². The van der Waals surface area contributed by atoms with Crippen molar-refractivity contribution in [3.05, 3.63) is 76.1 Å². The van der Waals surface area contributed by atoms with Crippen molar-refractivity contribution in [3.8, 4) is 11.7 Å². The summed E-state index contributed by atoms with van der Waals surface area (Å²) in [6.07, 6.45) is 2.00. The number of H-pyrrole nitrogens is 1. The third-order valence-corrected chi connectivity index (χ3v) is 9.68. The number of aromatic nitrogens is 3. The van der Waals surface area contributed by atoms with Crippen LogP contribution in [0, 0.1) is 6.92 Å². The number of hydrogen-bond donors (Lipinski definition) is 1. The summed E-state index contributed by atoms with van der Waals surface area (Å²) in [5.74, 6) is 2.58. The Morgan fingerprint density at radius 1 is 1.05 bits per heavy atom. The Morgan fingerprint density at radius 3 is 2.35 bits per heavy atom. The number of imidazole rings is 1. The highest BCUT2D eigenvalue weighted by Crippen LogP contribution is 2.47. The lowest BCUT2D eigenvalue weighted by Crippen LogP contribution is -3.00. The molecule has 2 aromatic carbocycles. The monoisotopic (exact) mass is 573 g/mol. The van der Waals surface area contributed by atoms with E-state index in [1.54, 1.807) is 28.7 Å². The van der Waals surface area contributed by atoms with Crippen LogP contribution in [0.2, 0.25) is 5.02 Å². The molecule has 0 amide bonds. The zero-order valence-corrected chi connectivity index (χ0v) is 24.8. The van der Waals surface area contributed by atoms with Crippen LogP contribution in [-0.4, -0.2) is 22.9 Å². The van der Waals surface area contributed by atoms with Gasteiger partial charge in [0.15, 0.2) is 11.3 Å². The second-order valence-electron chi connectivity index (χ2n) is 10.2. The summed E-state index contributed by atoms with van der Waals surface area (Å²) < 4.78 is 7.71. The predicted octanol–water partition coefficient (Wildman–Crippen LogP) is 3.89. The van der Waals surface area contributed by atoms with E-state index >= 15 is 0 Å². The first-order chi connectivity index (χ1) is 17.0. The molecule has 2 aromatic heterocycles. The first-order valence-electron chi connectivity index (χ1n) is 11.8. The molecule has 9 heteroatoms. The third-order valence-electron chi connectivity index (χ3n) is 7.17. The highest BCUT2D eigenvalue weighted by Gasteiger charge is 2.50. The second-order valence-corrected chi connectivity index (χ2v) is 13.0. The SMILES string of the molecule is COc1cc[n+](-c2nc3cc4c(cc3[nH]2)C(C)(C)C(=O)C4(C)C)c(CSSc2ccc(Cl)cc2)c1C.[Cl-]. The van der Waals surface area contributed by atoms with Crippen LogP contribution in [0.1, 0.15) is 50.1 Å². The van der Waals surface area contributed by atoms with Crippen LogP contribution in [-0.2, 0) is 21.4 Å². The van der Waals surface area contributed by atoms with Gasteiger partial charge in [-0.3, -0.25) is 4.79 Å². The molecule has 5 rings (SSSR count). The molecule has 4 aromatic rings. The predicted molar refractivity (Wildman–Crippen MR) is 149 cm³/mol. The average Bonchev–Trinajstić information content (AvgIpc) is 3.32. The molecule has 0 atom stereocenters. The van der Waals surface area contributed by atoms with E-state index in [2.05, 4.69) is 28.6 Å². The van der Waals surface area contributed by atoms with Crippen molar-refractivity contribution in [3.63, 3.8) is 0 Å². The number of carbonyl (C=O) groups is 1. The molecular formula is C28H29Cl2N3O2S2. The van der Waals surface area contributed by atoms with Crippen molar-refractivity contribution < 1.29 is 26.5 Å². The van der Waals surface area contributed by atoms with Gasteiger partial charge in [-0.2, -0.15) is 0 Å². The van der Waals surface area contributed by atoms with Crippen molar-refractivity contribution in [2.75, 3.05) is 7.11 Å². The standard InChI is InChI=1S/C28H29ClN3O2S2.ClH/c1-16-23(15-35-36-18-9-7-17(29)8-10-18)32(12-11-24(16)34-6)26-30-21-13-19-20(14-22(21)31-26)28(4,5)25(33)27(19,2)3;/h7-14H,15H2,1-6H3,(H,30,31);1H/q+1;/p-1. The zero-order valence-electron chi connectivity index (χ0n) is 21.6. The van der Waals surface area contributed by atoms with Gasteiger partial charge in [0.05, 0.1) is 19.1 Å². The molecule has 1 N–H and O–H groups in total. The fourth-order valence-corrected chi connectivity index (χ4v) is 7.43. The number of pyridine rings is 1. The van der Waals surface area contributed by atoms with Gasteiger partial charge in [0.25, 0.3) is 0 Å². The number of methoxy groups -OCH3 is 1. The first-order valence-corrected chi connectivity index (χ1v) is 14.5. The largest absolute Gasteiger partial charge is 1.00 e. The van der Waals surface area contributed by atoms with E-state index in [9.17, 15) is 4.79 Å². The summed E-state index contributed by atoms with van der Waals surface area (Å²) in [5, 5.41) is 0.734. The average molecular weight is 575 g/mol. The highest BCUT2D eigenvalue weighted by molar-refractivity contribution is 8.76. The van der Waals surface area contributed by atoms with E-state index < -0.39 is 10.8 Å². The highest BCUT2D eigenvalue weighted by atomic mass is 35.5. The fraction of sp³-hybridized carbons (Fsp3) is 0.321. The minimum atomic E-state index is -0.531. The van der Waals surface area contributed by atoms with E-state index in [4.69, 9.17) is 21.3 Å². The summed E-state index contributed by atoms with van der Waals surface area (Å²) in [4.78, 5) is 22.7. The maximum atomic E-state index is 13.1. The Bertz CT molecular complexity index is 1440. The number of halogens is 2. The summed E-state index contributed by atoms with van der Waals surface area (Å²) in [7, 11) is 5.15. The molecule has 1 aliphatic rings. The lowest BCUT2D eigenvalue weighted by molar-refractivity contribution is -0.610. The van der Waals surface area contributed by atoms with Gasteiger partial charge in [0.1, 0.15) is 17.0 Å². The van der Waals surface area contributed by atoms with Gasteiger partial charge in [0.2, 0.25) is 0 Å². The second kappa shape index (κ2) is 10.2. The van der Waals surface area contributed by atoms with Crippen LogP contribution in [0.4, 0.5) is 0 Å². The minimum Gasteiger partial charge on any atom is -1.00 e. The van der Waals surface area contributed by atoms with E-state index in [1.165, 1.54) is 0 Å². The van der Waals surface area contributed by atoms with Crippen LogP contribution >= 0.6 is 33.2 Å². The van der Waals surface area contributed by atoms with Gasteiger partial charge in [-0.05, 0) is 82.1 Å². The summed E-state index contributed by atoms with van der Waals surface area (Å²) >= 11 is 6.03. The number of Topliss-reactive ketones (excluding diaryl/α,β-unsaturated/α-hetero) is 1. The molecule has 37 heavy (non-hydrogen) atoms. The maximum Gasteiger partial charge on any atom is 0.402 e. The van der Waals surface area contributed by atoms with Crippen LogP contribution < -0.4 is 21.7 Å². The molecule has 0 bridgehead atoms. The van der Waals surface area contributed by atoms with Crippen molar-refractivity contribution in [1.29, 1.82) is 0 Å². The van der Waals surface area contributed by atoms with Crippen LogP contribution in [0.15, 0.2) is 53.6 Å². The Morgan fingerprint density at radius 2 is 1.70 bits per heavy atom. The molecule has 0 unspecified atom stereocenters. The van der Waals surface area contributed by atoms with Gasteiger partial charge in [-0.15, -0.1) is 0 Å². The summed E-state index contributed by atoms with van der Waals surface area (Å²) in [6, 6.07) is 14.0. The van der Waals surface area contributed by atoms with Crippen molar-refractivity contribution in [2.45, 2.75) is 56.1 Å². The normalized spacial score (nSPS) is 15.5. The summed E-state index contributed by atoms with van der Waals surface area (Å²) in [6.45, 7) is 10.1. The van der Waals surface area contributed by atoms with Crippen LogP contribution in [0.5, 0.6) is 5.75 Å². The maximum absolute atomic E-state index is 13.1. The number of ether oxygens (including phenoxy) is 1. The van der Waals surface area contributed by atoms with Gasteiger partial charge in [-0.1, -0.05) is 38.2 Å². The molecule has 0 spiro atoms. The van der Waals surface area contributed by atoms with Gasteiger partial charge in [0, 0.05) is 32.4 Å². The summed E-state index contributed by atoms with van der Waals surface area (Å²) in [5.41, 5.74) is 5.04. The Kier molecular flexibility index (Phi) is 7.65. The fourth-order valence-electron chi connectivity index (χ4n) is 5.14. The first kappa shape index (κ1) is 27.8. The van der Waals surface area contributed by atoms with Crippen molar-refractivity contribution in [2.24, 2.45) is 0 Å². The van der Waals surface area contributed by atoms with Gasteiger partial charge < -0.3 is 17.1 Å². The number of nitrogens with zero attached hydrogens (tertiary/aromatic N) is 2. The quantitative estimate of drug-likeness (QED) is 0.280. The number of ketones is 1. The molecule has 0 radical (unpaired) electrons. The topological polar surface area (TPSA) is 58.9 Å². The Hall–Kier alpha value is -2.19. The molecule has 2 heterocycles. The lowest BCUT2D eigenvalue weighted by Gasteiger charge is -2.21. The molecule has 0 saturated carbocycles. The van der Waals surface area contributed by atoms with E-state index in [-0.39, 0.29) is 18.2 Å². The molecule has 5 nitrogen and oxygen atoms in total.